The smallest absolute Gasteiger partial charge is 0.215 e. The van der Waals surface area contributed by atoms with Gasteiger partial charge in [-0.05, 0) is 13.0 Å². The molecule has 6 heteroatoms. The fourth-order valence-corrected chi connectivity index (χ4v) is 2.74. The minimum Gasteiger partial charge on any atom is -0.395 e. The Morgan fingerprint density at radius 1 is 1.27 bits per heavy atom. The topological polar surface area (TPSA) is 69.6 Å². The molecule has 0 aliphatic heterocycles. The van der Waals surface area contributed by atoms with Gasteiger partial charge >= 0.3 is 0 Å². The lowest BCUT2D eigenvalue weighted by molar-refractivity contribution is 0.253. The van der Waals surface area contributed by atoms with Crippen molar-refractivity contribution in [2.24, 2.45) is 0 Å². The molecule has 0 spiro atoms. The third-order valence-corrected chi connectivity index (χ3v) is 3.87. The van der Waals surface area contributed by atoms with Crippen LogP contribution in [-0.2, 0) is 10.0 Å². The van der Waals surface area contributed by atoms with E-state index >= 15 is 0 Å². The van der Waals surface area contributed by atoms with E-state index in [1.807, 2.05) is 13.8 Å². The van der Waals surface area contributed by atoms with Crippen LogP contribution in [0.4, 0.5) is 0 Å². The van der Waals surface area contributed by atoms with Crippen LogP contribution >= 0.6 is 0 Å². The van der Waals surface area contributed by atoms with Gasteiger partial charge in [0.25, 0.3) is 0 Å². The van der Waals surface area contributed by atoms with Crippen molar-refractivity contribution in [2.75, 3.05) is 38.5 Å². The average molecular weight is 238 g/mol. The molecule has 0 unspecified atom stereocenters. The summed E-state index contributed by atoms with van der Waals surface area (Å²) in [6.45, 7) is 5.64. The van der Waals surface area contributed by atoms with Crippen molar-refractivity contribution in [3.63, 3.8) is 0 Å². The van der Waals surface area contributed by atoms with Gasteiger partial charge in [0.2, 0.25) is 10.0 Å². The molecule has 0 aromatic rings. The number of aliphatic hydroxyl groups excluding tert-OH is 1. The minimum absolute atomic E-state index is 0.0981. The first-order valence-corrected chi connectivity index (χ1v) is 6.98. The molecule has 2 N–H and O–H groups in total. The summed E-state index contributed by atoms with van der Waals surface area (Å²) >= 11 is 0. The highest BCUT2D eigenvalue weighted by atomic mass is 32.2. The summed E-state index contributed by atoms with van der Waals surface area (Å²) in [6.07, 6.45) is 0.764. The first kappa shape index (κ1) is 14.8. The van der Waals surface area contributed by atoms with Gasteiger partial charge in [-0.1, -0.05) is 13.8 Å². The summed E-state index contributed by atoms with van der Waals surface area (Å²) < 4.78 is 24.9. The van der Waals surface area contributed by atoms with E-state index in [2.05, 4.69) is 5.32 Å². The van der Waals surface area contributed by atoms with E-state index in [9.17, 15) is 8.42 Å². The van der Waals surface area contributed by atoms with Crippen LogP contribution in [0.3, 0.4) is 0 Å². The van der Waals surface area contributed by atoms with Crippen LogP contribution in [0.25, 0.3) is 0 Å². The Labute approximate surface area is 92.5 Å². The predicted molar refractivity (Wildman–Crippen MR) is 61.3 cm³/mol. The molecule has 0 radical (unpaired) electrons. The number of nitrogens with zero attached hydrogens (tertiary/aromatic N) is 1. The van der Waals surface area contributed by atoms with Gasteiger partial charge in [-0.25, -0.2) is 8.42 Å². The lowest BCUT2D eigenvalue weighted by atomic mass is 10.5. The third-order valence-electron chi connectivity index (χ3n) is 2.00. The molecule has 15 heavy (non-hydrogen) atoms. The molecule has 0 saturated heterocycles. The maximum absolute atomic E-state index is 11.8. The normalized spacial score (nSPS) is 12.3. The van der Waals surface area contributed by atoms with Crippen molar-refractivity contribution >= 4 is 10.0 Å². The van der Waals surface area contributed by atoms with E-state index < -0.39 is 10.0 Å². The Morgan fingerprint density at radius 2 is 1.93 bits per heavy atom. The van der Waals surface area contributed by atoms with Crippen LogP contribution in [0.2, 0.25) is 0 Å². The van der Waals surface area contributed by atoms with E-state index in [1.54, 1.807) is 0 Å². The van der Waals surface area contributed by atoms with Crippen molar-refractivity contribution < 1.29 is 13.5 Å². The standard InChI is InChI=1S/C9H22N2O3S/c1-3-6-11(7-8-12)15(13,14)9-5-10-4-2/h10,12H,3-9H2,1-2H3. The van der Waals surface area contributed by atoms with Crippen molar-refractivity contribution in [1.82, 2.24) is 9.62 Å². The maximum Gasteiger partial charge on any atom is 0.215 e. The van der Waals surface area contributed by atoms with Crippen LogP contribution in [0.15, 0.2) is 0 Å². The predicted octanol–water partition coefficient (Wildman–Crippen LogP) is -0.370. The number of hydrogen-bond donors (Lipinski definition) is 2. The Hall–Kier alpha value is -0.170. The molecular formula is C9H22N2O3S. The first-order valence-electron chi connectivity index (χ1n) is 5.37. The van der Waals surface area contributed by atoms with Crippen LogP contribution in [0, 0.1) is 0 Å². The monoisotopic (exact) mass is 238 g/mol. The molecule has 0 aliphatic carbocycles. The van der Waals surface area contributed by atoms with E-state index in [1.165, 1.54) is 4.31 Å². The zero-order valence-electron chi connectivity index (χ0n) is 9.57. The quantitative estimate of drug-likeness (QED) is 0.538. The second-order valence-corrected chi connectivity index (χ2v) is 5.38. The molecule has 0 fully saturated rings. The van der Waals surface area contributed by atoms with Gasteiger partial charge in [-0.2, -0.15) is 4.31 Å². The maximum atomic E-state index is 11.8. The van der Waals surface area contributed by atoms with Gasteiger partial charge in [-0.3, -0.25) is 0 Å². The van der Waals surface area contributed by atoms with Gasteiger partial charge in [0.1, 0.15) is 0 Å². The summed E-state index contributed by atoms with van der Waals surface area (Å²) in [5, 5.41) is 11.8. The molecule has 5 nitrogen and oxygen atoms in total. The third kappa shape index (κ3) is 6.09. The molecule has 0 heterocycles. The van der Waals surface area contributed by atoms with Crippen LogP contribution in [0.1, 0.15) is 20.3 Å². The van der Waals surface area contributed by atoms with E-state index in [4.69, 9.17) is 5.11 Å². The fraction of sp³-hybridized carbons (Fsp3) is 1.00. The lowest BCUT2D eigenvalue weighted by Gasteiger charge is -2.20. The molecular weight excluding hydrogens is 216 g/mol. The largest absolute Gasteiger partial charge is 0.395 e. The van der Waals surface area contributed by atoms with Crippen LogP contribution < -0.4 is 5.32 Å². The second kappa shape index (κ2) is 8.04. The summed E-state index contributed by atoms with van der Waals surface area (Å²) in [5.41, 5.74) is 0. The van der Waals surface area contributed by atoms with Gasteiger partial charge in [0.15, 0.2) is 0 Å². The highest BCUT2D eigenvalue weighted by molar-refractivity contribution is 7.89. The molecule has 0 saturated carbocycles. The zero-order valence-corrected chi connectivity index (χ0v) is 10.4. The zero-order chi connectivity index (χ0) is 11.7. The molecule has 0 aromatic carbocycles. The first-order chi connectivity index (χ1) is 7.08. The summed E-state index contributed by atoms with van der Waals surface area (Å²) in [5.74, 6) is 0.0981. The van der Waals surface area contributed by atoms with Crippen molar-refractivity contribution in [3.8, 4) is 0 Å². The van der Waals surface area contributed by atoms with Crippen molar-refractivity contribution in [2.45, 2.75) is 20.3 Å². The number of rotatable bonds is 9. The molecule has 0 aromatic heterocycles. The fourth-order valence-electron chi connectivity index (χ4n) is 1.26. The summed E-state index contributed by atoms with van der Waals surface area (Å²) in [4.78, 5) is 0. The average Bonchev–Trinajstić information content (AvgIpc) is 2.18. The molecule has 92 valence electrons. The molecule has 0 atom stereocenters. The molecule has 0 rings (SSSR count). The van der Waals surface area contributed by atoms with Gasteiger partial charge in [0.05, 0.1) is 12.4 Å². The number of aliphatic hydroxyl groups is 1. The lowest BCUT2D eigenvalue weighted by Crippen LogP contribution is -2.38. The van der Waals surface area contributed by atoms with Gasteiger partial charge in [0, 0.05) is 19.6 Å². The Balaban J connectivity index is 4.22. The highest BCUT2D eigenvalue weighted by Crippen LogP contribution is 2.01. The molecule has 0 aliphatic rings. The minimum atomic E-state index is -3.21. The second-order valence-electron chi connectivity index (χ2n) is 3.29. The van der Waals surface area contributed by atoms with Crippen molar-refractivity contribution in [3.05, 3.63) is 0 Å². The summed E-state index contributed by atoms with van der Waals surface area (Å²) in [6, 6.07) is 0. The van der Waals surface area contributed by atoms with Gasteiger partial charge in [-0.15, -0.1) is 0 Å². The molecule has 0 bridgehead atoms. The van der Waals surface area contributed by atoms with Gasteiger partial charge < -0.3 is 10.4 Å². The van der Waals surface area contributed by atoms with E-state index in [0.717, 1.165) is 13.0 Å². The van der Waals surface area contributed by atoms with E-state index in [0.29, 0.717) is 13.1 Å². The van der Waals surface area contributed by atoms with E-state index in [-0.39, 0.29) is 18.9 Å². The Kier molecular flexibility index (Phi) is 7.95. The molecule has 0 amide bonds. The summed E-state index contributed by atoms with van der Waals surface area (Å²) in [7, 11) is -3.21. The highest BCUT2D eigenvalue weighted by Gasteiger charge is 2.19. The Morgan fingerprint density at radius 3 is 2.40 bits per heavy atom. The van der Waals surface area contributed by atoms with Crippen LogP contribution in [0.5, 0.6) is 0 Å². The number of sulfonamides is 1. The number of nitrogens with one attached hydrogen (secondary N) is 1. The SMILES string of the molecule is CCCN(CCO)S(=O)(=O)CCNCC. The van der Waals surface area contributed by atoms with Crippen LogP contribution in [-0.4, -0.2) is 56.4 Å². The Bertz CT molecular complexity index is 236. The number of hydrogen-bond acceptors (Lipinski definition) is 4. The van der Waals surface area contributed by atoms with Crippen molar-refractivity contribution in [1.29, 1.82) is 0 Å².